The van der Waals surface area contributed by atoms with Crippen molar-refractivity contribution in [3.05, 3.63) is 47.3 Å². The minimum Gasteiger partial charge on any atom is -0.494 e. The molecule has 1 aliphatic rings. The lowest BCUT2D eigenvalue weighted by molar-refractivity contribution is -0.138. The van der Waals surface area contributed by atoms with Gasteiger partial charge in [0.2, 0.25) is 5.95 Å². The van der Waals surface area contributed by atoms with E-state index in [4.69, 9.17) is 14.2 Å². The second kappa shape index (κ2) is 13.0. The number of H-pyrrole nitrogens is 1. The zero-order chi connectivity index (χ0) is 35.8. The molecule has 0 radical (unpaired) electrons. The molecule has 0 bridgehead atoms. The van der Waals surface area contributed by atoms with Crippen molar-refractivity contribution < 1.29 is 41.8 Å². The van der Waals surface area contributed by atoms with Gasteiger partial charge in [0.05, 0.1) is 41.0 Å². The smallest absolute Gasteiger partial charge is 0.427 e. The number of ether oxygens (including phenoxy) is 3. The van der Waals surface area contributed by atoms with Crippen molar-refractivity contribution in [2.24, 2.45) is 5.41 Å². The van der Waals surface area contributed by atoms with Crippen LogP contribution in [0.2, 0.25) is 0 Å². The number of rotatable bonds is 7. The molecule has 0 saturated carbocycles. The van der Waals surface area contributed by atoms with Crippen molar-refractivity contribution in [2.45, 2.75) is 85.6 Å². The highest BCUT2D eigenvalue weighted by molar-refractivity contribution is 6.09. The number of hydrogen-bond acceptors (Lipinski definition) is 9. The fourth-order valence-electron chi connectivity index (χ4n) is 5.65. The molecule has 4 rings (SSSR count). The second-order valence-electron chi connectivity index (χ2n) is 14.2. The zero-order valence-electron chi connectivity index (χ0n) is 28.4. The van der Waals surface area contributed by atoms with Crippen molar-refractivity contribution in [2.75, 3.05) is 23.9 Å². The number of carbonyl (C=O) groups excluding carboxylic acids is 3. The lowest BCUT2D eigenvalue weighted by atomic mass is 9.84. The summed E-state index contributed by atoms with van der Waals surface area (Å²) in [5, 5.41) is 5.68. The molecule has 0 unspecified atom stereocenters. The molecule has 260 valence electrons. The number of alkyl halides is 3. The maximum atomic E-state index is 13.8. The Bertz CT molecular complexity index is 1700. The molecule has 3 aromatic rings. The number of nitrogens with one attached hydrogen (secondary N) is 3. The van der Waals surface area contributed by atoms with E-state index in [9.17, 15) is 27.6 Å². The minimum absolute atomic E-state index is 0.0666. The summed E-state index contributed by atoms with van der Waals surface area (Å²) in [7, 11) is 1.11. The first-order valence-corrected chi connectivity index (χ1v) is 15.2. The van der Waals surface area contributed by atoms with Crippen LogP contribution in [0.4, 0.5) is 40.1 Å². The molecule has 2 aromatic heterocycles. The molecule has 0 aliphatic carbocycles. The fraction of sp³-hybridized carbons (Fsp3) is 0.485. The molecule has 48 heavy (non-hydrogen) atoms. The number of halogens is 3. The number of hydrogen-bond donors (Lipinski definition) is 3. The Morgan fingerprint density at radius 3 is 2.27 bits per heavy atom. The van der Waals surface area contributed by atoms with Gasteiger partial charge in [-0.2, -0.15) is 13.2 Å². The van der Waals surface area contributed by atoms with Crippen LogP contribution in [0.1, 0.15) is 83.4 Å². The average molecular weight is 675 g/mol. The van der Waals surface area contributed by atoms with Gasteiger partial charge in [0, 0.05) is 24.9 Å². The highest BCUT2D eigenvalue weighted by Gasteiger charge is 2.39. The largest absolute Gasteiger partial charge is 0.494 e. The number of carbonyl (C=O) groups is 3. The Hall–Kier alpha value is -4.82. The fourth-order valence-corrected chi connectivity index (χ4v) is 5.65. The normalized spacial score (nSPS) is 13.7. The molecule has 0 fully saturated rings. The Kier molecular flexibility index (Phi) is 9.76. The van der Waals surface area contributed by atoms with E-state index < -0.39 is 52.7 Å². The molecule has 0 saturated heterocycles. The van der Waals surface area contributed by atoms with Crippen molar-refractivity contribution >= 4 is 35.4 Å². The molecule has 1 aromatic carbocycles. The summed E-state index contributed by atoms with van der Waals surface area (Å²) in [6.45, 7) is 14.6. The highest BCUT2D eigenvalue weighted by atomic mass is 19.4. The number of para-hydroxylation sites is 1. The first kappa shape index (κ1) is 36.0. The lowest BCUT2D eigenvalue weighted by Crippen LogP contribution is -2.46. The summed E-state index contributed by atoms with van der Waals surface area (Å²) in [4.78, 5) is 52.6. The van der Waals surface area contributed by atoms with Crippen LogP contribution in [-0.4, -0.2) is 57.9 Å². The van der Waals surface area contributed by atoms with E-state index in [-0.39, 0.29) is 33.7 Å². The summed E-state index contributed by atoms with van der Waals surface area (Å²) in [6, 6.07) is 4.92. The number of aromatic nitrogens is 3. The third-order valence-electron chi connectivity index (χ3n) is 6.93. The van der Waals surface area contributed by atoms with E-state index in [1.54, 1.807) is 34.6 Å². The third kappa shape index (κ3) is 8.36. The van der Waals surface area contributed by atoms with Crippen molar-refractivity contribution in [1.29, 1.82) is 0 Å². The summed E-state index contributed by atoms with van der Waals surface area (Å²) < 4.78 is 58.0. The van der Waals surface area contributed by atoms with Gasteiger partial charge in [-0.15, -0.1) is 4.90 Å². The maximum absolute atomic E-state index is 13.8. The molecule has 12 nitrogen and oxygen atoms in total. The number of aromatic amines is 1. The topological polar surface area (TPSA) is 148 Å². The van der Waals surface area contributed by atoms with Crippen LogP contribution in [0.5, 0.6) is 5.75 Å². The number of amides is 3. The first-order valence-electron chi connectivity index (χ1n) is 15.2. The number of nitrogens with zero attached hydrogens (tertiary/aromatic N) is 3. The summed E-state index contributed by atoms with van der Waals surface area (Å²) in [5.41, 5.74) is -2.27. The van der Waals surface area contributed by atoms with E-state index in [1.807, 2.05) is 20.8 Å². The van der Waals surface area contributed by atoms with Crippen LogP contribution < -0.4 is 20.3 Å². The van der Waals surface area contributed by atoms with E-state index in [0.717, 1.165) is 13.2 Å². The van der Waals surface area contributed by atoms with E-state index >= 15 is 0 Å². The molecule has 3 N–H and O–H groups in total. The van der Waals surface area contributed by atoms with Gasteiger partial charge in [0.1, 0.15) is 11.2 Å². The molecule has 3 heterocycles. The van der Waals surface area contributed by atoms with E-state index in [1.165, 1.54) is 24.4 Å². The maximum Gasteiger partial charge on any atom is 0.427 e. The SMILES string of the molecule is COc1c(Nc2c(-c3ccnc(N(C(=O)OC(C)(C)C)C(=O)OC(C)(C)CC(C)(C)C)n3)[nH]c3c2C(=O)NCC3)cccc1C(F)(F)F. The van der Waals surface area contributed by atoms with Gasteiger partial charge < -0.3 is 29.8 Å². The Morgan fingerprint density at radius 1 is 1.00 bits per heavy atom. The molecule has 0 spiro atoms. The van der Waals surface area contributed by atoms with Gasteiger partial charge in [-0.25, -0.2) is 19.6 Å². The quantitative estimate of drug-likeness (QED) is 0.230. The average Bonchev–Trinajstić information content (AvgIpc) is 3.29. The number of imide groups is 1. The first-order chi connectivity index (χ1) is 22.1. The minimum atomic E-state index is -4.72. The van der Waals surface area contributed by atoms with Crippen molar-refractivity contribution in [1.82, 2.24) is 20.3 Å². The van der Waals surface area contributed by atoms with E-state index in [0.29, 0.717) is 30.0 Å². The van der Waals surface area contributed by atoms with Gasteiger partial charge in [-0.3, -0.25) is 4.79 Å². The van der Waals surface area contributed by atoms with Crippen LogP contribution in [-0.2, 0) is 22.1 Å². The zero-order valence-corrected chi connectivity index (χ0v) is 28.4. The molecular weight excluding hydrogens is 633 g/mol. The molecule has 15 heteroatoms. The Labute approximate surface area is 276 Å². The second-order valence-corrected chi connectivity index (χ2v) is 14.2. The number of fused-ring (bicyclic) bond motifs is 1. The summed E-state index contributed by atoms with van der Waals surface area (Å²) in [5.74, 6) is -1.35. The predicted octanol–water partition coefficient (Wildman–Crippen LogP) is 7.62. The van der Waals surface area contributed by atoms with Gasteiger partial charge in [-0.1, -0.05) is 26.8 Å². The third-order valence-corrected chi connectivity index (χ3v) is 6.93. The monoisotopic (exact) mass is 674 g/mol. The molecule has 0 atom stereocenters. The van der Waals surface area contributed by atoms with Crippen LogP contribution in [0, 0.1) is 5.41 Å². The lowest BCUT2D eigenvalue weighted by Gasteiger charge is -2.33. The van der Waals surface area contributed by atoms with Crippen LogP contribution in [0.25, 0.3) is 11.4 Å². The summed E-state index contributed by atoms with van der Waals surface area (Å²) >= 11 is 0. The van der Waals surface area contributed by atoms with Gasteiger partial charge in [0.15, 0.2) is 5.75 Å². The number of anilines is 3. The van der Waals surface area contributed by atoms with Crippen molar-refractivity contribution in [3.8, 4) is 17.1 Å². The highest BCUT2D eigenvalue weighted by Crippen LogP contribution is 2.44. The molecule has 1 aliphatic heterocycles. The predicted molar refractivity (Wildman–Crippen MR) is 172 cm³/mol. The standard InChI is InChI=1S/C33H41F3N6O6/c1-30(2,3)17-32(7,8)48-29(45)42(28(44)47-31(4,5)6)27-38-16-14-20(41-27)23-24(22-19(39-23)13-15-37-26(22)43)40-21-12-10-11-18(25(21)46-9)33(34,35)36/h10-12,14,16,39-40H,13,15,17H2,1-9H3,(H,37,43). The molecule has 3 amide bonds. The summed E-state index contributed by atoms with van der Waals surface area (Å²) in [6.07, 6.45) is -4.76. The van der Waals surface area contributed by atoms with Crippen molar-refractivity contribution in [3.63, 3.8) is 0 Å². The van der Waals surface area contributed by atoms with Crippen LogP contribution >= 0.6 is 0 Å². The Balaban J connectivity index is 1.85. The van der Waals surface area contributed by atoms with E-state index in [2.05, 4.69) is 25.6 Å². The van der Waals surface area contributed by atoms with Crippen LogP contribution in [0.15, 0.2) is 30.5 Å². The van der Waals surface area contributed by atoms with Gasteiger partial charge in [0.25, 0.3) is 5.91 Å². The molecular formula is C33H41F3N6O6. The van der Waals surface area contributed by atoms with Gasteiger partial charge >= 0.3 is 18.4 Å². The number of benzene rings is 1. The number of methoxy groups -OCH3 is 1. The Morgan fingerprint density at radius 2 is 1.67 bits per heavy atom. The van der Waals surface area contributed by atoms with Gasteiger partial charge in [-0.05, 0) is 64.7 Å². The van der Waals surface area contributed by atoms with Crippen LogP contribution in [0.3, 0.4) is 0 Å².